The number of H-pyrrole nitrogens is 1. The number of rotatable bonds is 4. The van der Waals surface area contributed by atoms with E-state index in [4.69, 9.17) is 0 Å². The van der Waals surface area contributed by atoms with Crippen LogP contribution >= 0.6 is 23.1 Å². The van der Waals surface area contributed by atoms with Gasteiger partial charge >= 0.3 is 0 Å². The summed E-state index contributed by atoms with van der Waals surface area (Å²) in [6, 6.07) is 13.9. The standard InChI is InChI=1S/C17H10FN7S2/c18-11-5-2-1-4-10(11)16-22-20-13-7-8-14(24-25(13)16)27-17-19-15(21-23-17)12-6-3-9-26-12/h1-9H,(H,19,21,23). The summed E-state index contributed by atoms with van der Waals surface area (Å²) in [7, 11) is 0. The molecule has 0 atom stereocenters. The van der Waals surface area contributed by atoms with Crippen LogP contribution in [0, 0.1) is 5.82 Å². The third kappa shape index (κ3) is 2.98. The third-order valence-electron chi connectivity index (χ3n) is 3.77. The lowest BCUT2D eigenvalue weighted by Gasteiger charge is -2.02. The van der Waals surface area contributed by atoms with Gasteiger partial charge in [0.15, 0.2) is 17.3 Å². The van der Waals surface area contributed by atoms with Gasteiger partial charge in [-0.1, -0.05) is 18.2 Å². The number of aromatic nitrogens is 7. The summed E-state index contributed by atoms with van der Waals surface area (Å²) >= 11 is 2.89. The predicted molar refractivity (Wildman–Crippen MR) is 100.0 cm³/mol. The lowest BCUT2D eigenvalue weighted by Crippen LogP contribution is -1.98. The Morgan fingerprint density at radius 2 is 1.96 bits per heavy atom. The van der Waals surface area contributed by atoms with Crippen LogP contribution in [-0.4, -0.2) is 35.0 Å². The first-order valence-corrected chi connectivity index (χ1v) is 9.59. The molecule has 27 heavy (non-hydrogen) atoms. The van der Waals surface area contributed by atoms with Crippen molar-refractivity contribution in [3.05, 3.63) is 59.7 Å². The summed E-state index contributed by atoms with van der Waals surface area (Å²) in [5.74, 6) is 0.686. The van der Waals surface area contributed by atoms with E-state index in [1.807, 2.05) is 17.5 Å². The molecule has 0 aliphatic rings. The number of nitrogens with zero attached hydrogens (tertiary/aromatic N) is 6. The summed E-state index contributed by atoms with van der Waals surface area (Å²) in [4.78, 5) is 5.49. The average Bonchev–Trinajstić information content (AvgIpc) is 3.42. The van der Waals surface area contributed by atoms with Gasteiger partial charge in [0.2, 0.25) is 5.16 Å². The molecule has 0 fully saturated rings. The van der Waals surface area contributed by atoms with E-state index in [1.54, 1.807) is 41.7 Å². The topological polar surface area (TPSA) is 84.6 Å². The molecule has 7 nitrogen and oxygen atoms in total. The molecule has 0 aliphatic carbocycles. The quantitative estimate of drug-likeness (QED) is 0.496. The molecule has 0 amide bonds. The molecule has 0 aliphatic heterocycles. The third-order valence-corrected chi connectivity index (χ3v) is 5.44. The minimum atomic E-state index is -0.374. The molecule has 1 N–H and O–H groups in total. The second kappa shape index (κ2) is 6.56. The number of halogens is 1. The van der Waals surface area contributed by atoms with Crippen molar-refractivity contribution < 1.29 is 4.39 Å². The molecule has 132 valence electrons. The monoisotopic (exact) mass is 395 g/mol. The van der Waals surface area contributed by atoms with Crippen LogP contribution in [0.5, 0.6) is 0 Å². The number of aromatic amines is 1. The normalized spacial score (nSPS) is 11.3. The van der Waals surface area contributed by atoms with Gasteiger partial charge in [0.25, 0.3) is 0 Å². The van der Waals surface area contributed by atoms with E-state index in [2.05, 4.69) is 30.5 Å². The van der Waals surface area contributed by atoms with E-state index >= 15 is 0 Å². The largest absolute Gasteiger partial charge is 0.257 e. The van der Waals surface area contributed by atoms with E-state index in [0.717, 1.165) is 4.88 Å². The SMILES string of the molecule is Fc1ccccc1-c1nnc2ccc(Sc3n[nH]c(-c4cccs4)n3)nn12. The van der Waals surface area contributed by atoms with Crippen LogP contribution in [0.15, 0.2) is 64.1 Å². The second-order valence-corrected chi connectivity index (χ2v) is 7.43. The number of hydrogen-bond donors (Lipinski definition) is 1. The second-order valence-electron chi connectivity index (χ2n) is 5.49. The molecule has 0 bridgehead atoms. The van der Waals surface area contributed by atoms with E-state index in [1.165, 1.54) is 22.3 Å². The van der Waals surface area contributed by atoms with E-state index < -0.39 is 0 Å². The van der Waals surface area contributed by atoms with Crippen molar-refractivity contribution in [1.29, 1.82) is 0 Å². The molecule has 4 heterocycles. The van der Waals surface area contributed by atoms with Crippen molar-refractivity contribution in [1.82, 2.24) is 35.0 Å². The molecule has 5 rings (SSSR count). The highest BCUT2D eigenvalue weighted by Crippen LogP contribution is 2.28. The maximum absolute atomic E-state index is 14.1. The van der Waals surface area contributed by atoms with Crippen molar-refractivity contribution in [2.45, 2.75) is 10.2 Å². The van der Waals surface area contributed by atoms with Crippen molar-refractivity contribution in [2.75, 3.05) is 0 Å². The van der Waals surface area contributed by atoms with E-state index in [-0.39, 0.29) is 5.82 Å². The number of fused-ring (bicyclic) bond motifs is 1. The summed E-state index contributed by atoms with van der Waals surface area (Å²) in [6.45, 7) is 0. The molecule has 4 aromatic heterocycles. The molecule has 5 aromatic rings. The van der Waals surface area contributed by atoms with Gasteiger partial charge in [-0.05, 0) is 47.5 Å². The number of nitrogens with one attached hydrogen (secondary N) is 1. The van der Waals surface area contributed by atoms with Crippen LogP contribution in [0.3, 0.4) is 0 Å². The molecule has 10 heteroatoms. The van der Waals surface area contributed by atoms with Gasteiger partial charge in [0.05, 0.1) is 10.4 Å². The minimum absolute atomic E-state index is 0.345. The van der Waals surface area contributed by atoms with Crippen molar-refractivity contribution in [3.63, 3.8) is 0 Å². The highest BCUT2D eigenvalue weighted by Gasteiger charge is 2.15. The first kappa shape index (κ1) is 16.1. The van der Waals surface area contributed by atoms with Crippen LogP contribution < -0.4 is 0 Å². The predicted octanol–water partition coefficient (Wildman–Crippen LogP) is 3.93. The van der Waals surface area contributed by atoms with Crippen LogP contribution in [0.25, 0.3) is 27.7 Å². The fraction of sp³-hybridized carbons (Fsp3) is 0. The summed E-state index contributed by atoms with van der Waals surface area (Å²) in [5.41, 5.74) is 0.879. The van der Waals surface area contributed by atoms with Gasteiger partial charge in [-0.15, -0.1) is 26.6 Å². The molecule has 0 saturated carbocycles. The molecule has 1 aromatic carbocycles. The minimum Gasteiger partial charge on any atom is -0.257 e. The molecule has 0 unspecified atom stereocenters. The Bertz CT molecular complexity index is 1230. The lowest BCUT2D eigenvalue weighted by molar-refractivity contribution is 0.629. The molecule has 0 saturated heterocycles. The summed E-state index contributed by atoms with van der Waals surface area (Å²) < 4.78 is 15.6. The van der Waals surface area contributed by atoms with Gasteiger partial charge in [0.1, 0.15) is 10.8 Å². The van der Waals surface area contributed by atoms with E-state index in [9.17, 15) is 4.39 Å². The Morgan fingerprint density at radius 1 is 1.04 bits per heavy atom. The van der Waals surface area contributed by atoms with Crippen molar-refractivity contribution in [2.24, 2.45) is 0 Å². The first-order chi connectivity index (χ1) is 13.3. The zero-order chi connectivity index (χ0) is 18.2. The van der Waals surface area contributed by atoms with Gasteiger partial charge in [-0.2, -0.15) is 9.61 Å². The van der Waals surface area contributed by atoms with Gasteiger partial charge in [0, 0.05) is 0 Å². The van der Waals surface area contributed by atoms with Crippen LogP contribution in [-0.2, 0) is 0 Å². The molecular formula is C17H10FN7S2. The van der Waals surface area contributed by atoms with Crippen LogP contribution in [0.1, 0.15) is 0 Å². The van der Waals surface area contributed by atoms with Gasteiger partial charge < -0.3 is 0 Å². The zero-order valence-electron chi connectivity index (χ0n) is 13.6. The van der Waals surface area contributed by atoms with Gasteiger partial charge in [-0.3, -0.25) is 5.10 Å². The number of thiophene rings is 1. The average molecular weight is 395 g/mol. The summed E-state index contributed by atoms with van der Waals surface area (Å²) in [6.07, 6.45) is 0. The number of benzene rings is 1. The Morgan fingerprint density at radius 3 is 2.81 bits per heavy atom. The fourth-order valence-electron chi connectivity index (χ4n) is 2.55. The van der Waals surface area contributed by atoms with Crippen molar-refractivity contribution in [3.8, 4) is 22.1 Å². The van der Waals surface area contributed by atoms with E-state index in [0.29, 0.717) is 33.0 Å². The van der Waals surface area contributed by atoms with Crippen LogP contribution in [0.4, 0.5) is 4.39 Å². The fourth-order valence-corrected chi connectivity index (χ4v) is 3.88. The Balaban J connectivity index is 1.50. The molecular weight excluding hydrogens is 385 g/mol. The zero-order valence-corrected chi connectivity index (χ0v) is 15.2. The smallest absolute Gasteiger partial charge is 0.215 e. The lowest BCUT2D eigenvalue weighted by atomic mass is 10.2. The maximum Gasteiger partial charge on any atom is 0.215 e. The Labute approximate surface area is 160 Å². The summed E-state index contributed by atoms with van der Waals surface area (Å²) in [5, 5.41) is 23.0. The highest BCUT2D eigenvalue weighted by molar-refractivity contribution is 7.99. The van der Waals surface area contributed by atoms with Crippen LogP contribution in [0.2, 0.25) is 0 Å². The Hall–Kier alpha value is -3.11. The number of hydrogen-bond acceptors (Lipinski definition) is 7. The maximum atomic E-state index is 14.1. The Kier molecular flexibility index (Phi) is 3.91. The first-order valence-electron chi connectivity index (χ1n) is 7.89. The molecule has 0 radical (unpaired) electrons. The van der Waals surface area contributed by atoms with Gasteiger partial charge in [-0.25, -0.2) is 9.37 Å². The van der Waals surface area contributed by atoms with Crippen molar-refractivity contribution >= 4 is 28.7 Å². The molecule has 0 spiro atoms. The highest BCUT2D eigenvalue weighted by atomic mass is 32.2.